The van der Waals surface area contributed by atoms with E-state index in [1.54, 1.807) is 6.07 Å². The number of alkyl halides is 3. The number of rotatable bonds is 5. The Bertz CT molecular complexity index is 529. The van der Waals surface area contributed by atoms with Gasteiger partial charge in [0, 0.05) is 13.1 Å². The molecule has 0 aromatic heterocycles. The number of hydrogen-bond acceptors (Lipinski definition) is 3. The fraction of sp³-hybridized carbons (Fsp3) is 0.667. The molecule has 24 heavy (non-hydrogen) atoms. The molecule has 0 N–H and O–H groups in total. The predicted octanol–water partition coefficient (Wildman–Crippen LogP) is 3.56. The normalized spacial score (nSPS) is 23.7. The second kappa shape index (κ2) is 7.85. The highest BCUT2D eigenvalue weighted by Crippen LogP contribution is 2.32. The van der Waals surface area contributed by atoms with Gasteiger partial charge in [0.1, 0.15) is 0 Å². The fourth-order valence-electron chi connectivity index (χ4n) is 3.55. The highest BCUT2D eigenvalue weighted by Gasteiger charge is 2.31. The minimum atomic E-state index is -4.31. The third-order valence-electron chi connectivity index (χ3n) is 4.88. The molecule has 1 aromatic rings. The summed E-state index contributed by atoms with van der Waals surface area (Å²) in [6.07, 6.45) is -0.868. The Morgan fingerprint density at radius 3 is 2.54 bits per heavy atom. The standard InChI is InChI=1S/C18H25F3N2O/c19-18(20,21)16-6-3-5-15(13-16)17-14-23(11-12-24-17)10-4-9-22-7-1-2-8-22/h3,5-6,13,17H,1-2,4,7-12,14H2. The minimum Gasteiger partial charge on any atom is -0.371 e. The topological polar surface area (TPSA) is 15.7 Å². The van der Waals surface area contributed by atoms with Crippen molar-refractivity contribution in [2.75, 3.05) is 45.9 Å². The van der Waals surface area contributed by atoms with Crippen LogP contribution >= 0.6 is 0 Å². The highest BCUT2D eigenvalue weighted by molar-refractivity contribution is 5.27. The van der Waals surface area contributed by atoms with E-state index in [1.807, 2.05) is 0 Å². The summed E-state index contributed by atoms with van der Waals surface area (Å²) in [5, 5.41) is 0. The number of morpholine rings is 1. The maximum absolute atomic E-state index is 12.9. The van der Waals surface area contributed by atoms with Crippen LogP contribution in [0.5, 0.6) is 0 Å². The summed E-state index contributed by atoms with van der Waals surface area (Å²) < 4.78 is 44.3. The summed E-state index contributed by atoms with van der Waals surface area (Å²) in [7, 11) is 0. The lowest BCUT2D eigenvalue weighted by Crippen LogP contribution is -2.39. The summed E-state index contributed by atoms with van der Waals surface area (Å²) in [6.45, 7) is 6.61. The minimum absolute atomic E-state index is 0.271. The molecule has 1 aromatic carbocycles. The van der Waals surface area contributed by atoms with Crippen LogP contribution in [-0.2, 0) is 10.9 Å². The van der Waals surface area contributed by atoms with Crippen LogP contribution in [0.1, 0.15) is 36.5 Å². The molecule has 0 spiro atoms. The Morgan fingerprint density at radius 1 is 1.04 bits per heavy atom. The fourth-order valence-corrected chi connectivity index (χ4v) is 3.55. The van der Waals surface area contributed by atoms with E-state index in [4.69, 9.17) is 4.74 Å². The molecule has 3 rings (SSSR count). The molecule has 2 aliphatic heterocycles. The first kappa shape index (κ1) is 17.7. The molecule has 0 aliphatic carbocycles. The molecule has 1 atom stereocenters. The van der Waals surface area contributed by atoms with Crippen LogP contribution in [0.2, 0.25) is 0 Å². The van der Waals surface area contributed by atoms with Crippen molar-refractivity contribution in [2.24, 2.45) is 0 Å². The number of ether oxygens (including phenoxy) is 1. The van der Waals surface area contributed by atoms with Gasteiger partial charge in [-0.05, 0) is 63.1 Å². The molecule has 0 saturated carbocycles. The molecule has 0 bridgehead atoms. The van der Waals surface area contributed by atoms with Crippen molar-refractivity contribution >= 4 is 0 Å². The van der Waals surface area contributed by atoms with Gasteiger partial charge in [-0.3, -0.25) is 4.90 Å². The first-order valence-electron chi connectivity index (χ1n) is 8.76. The van der Waals surface area contributed by atoms with Crippen LogP contribution in [0, 0.1) is 0 Å². The maximum Gasteiger partial charge on any atom is 0.416 e. The lowest BCUT2D eigenvalue weighted by atomic mass is 10.0. The SMILES string of the molecule is FC(F)(F)c1cccc(C2CN(CCCN3CCCC3)CCO2)c1. The van der Waals surface area contributed by atoms with Gasteiger partial charge in [0.25, 0.3) is 0 Å². The highest BCUT2D eigenvalue weighted by atomic mass is 19.4. The summed E-state index contributed by atoms with van der Waals surface area (Å²) >= 11 is 0. The van der Waals surface area contributed by atoms with Crippen molar-refractivity contribution < 1.29 is 17.9 Å². The van der Waals surface area contributed by atoms with Gasteiger partial charge in [-0.2, -0.15) is 13.2 Å². The van der Waals surface area contributed by atoms with Crippen LogP contribution in [0.3, 0.4) is 0 Å². The number of halogens is 3. The van der Waals surface area contributed by atoms with E-state index < -0.39 is 11.7 Å². The monoisotopic (exact) mass is 342 g/mol. The zero-order valence-electron chi connectivity index (χ0n) is 13.9. The summed E-state index contributed by atoms with van der Waals surface area (Å²) in [5.41, 5.74) is 0.0174. The maximum atomic E-state index is 12.9. The van der Waals surface area contributed by atoms with E-state index in [-0.39, 0.29) is 6.10 Å². The van der Waals surface area contributed by atoms with Gasteiger partial charge in [0.05, 0.1) is 18.3 Å². The van der Waals surface area contributed by atoms with Gasteiger partial charge >= 0.3 is 6.18 Å². The number of hydrogen-bond donors (Lipinski definition) is 0. The van der Waals surface area contributed by atoms with Crippen LogP contribution in [0.4, 0.5) is 13.2 Å². The second-order valence-corrected chi connectivity index (χ2v) is 6.69. The van der Waals surface area contributed by atoms with Crippen LogP contribution in [0.15, 0.2) is 24.3 Å². The summed E-state index contributed by atoms with van der Waals surface area (Å²) in [6, 6.07) is 5.53. The van der Waals surface area contributed by atoms with Crippen LogP contribution < -0.4 is 0 Å². The summed E-state index contributed by atoms with van der Waals surface area (Å²) in [4.78, 5) is 4.80. The third-order valence-corrected chi connectivity index (χ3v) is 4.88. The van der Waals surface area contributed by atoms with Gasteiger partial charge in [0.15, 0.2) is 0 Å². The quantitative estimate of drug-likeness (QED) is 0.814. The molecular weight excluding hydrogens is 317 g/mol. The second-order valence-electron chi connectivity index (χ2n) is 6.69. The molecule has 0 radical (unpaired) electrons. The molecule has 6 heteroatoms. The van der Waals surface area contributed by atoms with Gasteiger partial charge < -0.3 is 9.64 Å². The van der Waals surface area contributed by atoms with E-state index in [1.165, 1.54) is 38.1 Å². The zero-order chi connectivity index (χ0) is 17.0. The lowest BCUT2D eigenvalue weighted by molar-refractivity contribution is -0.137. The first-order chi connectivity index (χ1) is 11.5. The van der Waals surface area contributed by atoms with Gasteiger partial charge in [-0.25, -0.2) is 0 Å². The van der Waals surface area contributed by atoms with Crippen LogP contribution in [0.25, 0.3) is 0 Å². The molecule has 134 valence electrons. The van der Waals surface area contributed by atoms with Crippen molar-refractivity contribution in [3.05, 3.63) is 35.4 Å². The lowest BCUT2D eigenvalue weighted by Gasteiger charge is -2.33. The van der Waals surface area contributed by atoms with Crippen molar-refractivity contribution in [3.63, 3.8) is 0 Å². The van der Waals surface area contributed by atoms with Crippen molar-refractivity contribution in [1.82, 2.24) is 9.80 Å². The Hall–Kier alpha value is -1.11. The molecular formula is C18H25F3N2O. The summed E-state index contributed by atoms with van der Waals surface area (Å²) in [5.74, 6) is 0. The smallest absolute Gasteiger partial charge is 0.371 e. The number of likely N-dealkylation sites (tertiary alicyclic amines) is 1. The average molecular weight is 342 g/mol. The number of nitrogens with zero attached hydrogens (tertiary/aromatic N) is 2. The molecule has 2 saturated heterocycles. The van der Waals surface area contributed by atoms with Gasteiger partial charge in [-0.1, -0.05) is 12.1 Å². The molecule has 2 aliphatic rings. The predicted molar refractivity (Wildman–Crippen MR) is 86.9 cm³/mol. The van der Waals surface area contributed by atoms with E-state index in [0.717, 1.165) is 32.1 Å². The Morgan fingerprint density at radius 2 is 1.79 bits per heavy atom. The molecule has 2 fully saturated rings. The zero-order valence-corrected chi connectivity index (χ0v) is 13.9. The van der Waals surface area contributed by atoms with Crippen molar-refractivity contribution in [3.8, 4) is 0 Å². The van der Waals surface area contributed by atoms with Crippen LogP contribution in [-0.4, -0.2) is 55.7 Å². The van der Waals surface area contributed by atoms with E-state index >= 15 is 0 Å². The molecule has 3 nitrogen and oxygen atoms in total. The Balaban J connectivity index is 1.53. The third kappa shape index (κ3) is 4.71. The molecule has 1 unspecified atom stereocenters. The number of benzene rings is 1. The van der Waals surface area contributed by atoms with Crippen molar-refractivity contribution in [1.29, 1.82) is 0 Å². The van der Waals surface area contributed by atoms with E-state index in [2.05, 4.69) is 9.80 Å². The first-order valence-corrected chi connectivity index (χ1v) is 8.76. The largest absolute Gasteiger partial charge is 0.416 e. The Kier molecular flexibility index (Phi) is 5.79. The van der Waals surface area contributed by atoms with Gasteiger partial charge in [0.2, 0.25) is 0 Å². The Labute approximate surface area is 141 Å². The van der Waals surface area contributed by atoms with E-state index in [0.29, 0.717) is 18.7 Å². The van der Waals surface area contributed by atoms with Gasteiger partial charge in [-0.15, -0.1) is 0 Å². The molecule has 0 amide bonds. The van der Waals surface area contributed by atoms with Crippen molar-refractivity contribution in [2.45, 2.75) is 31.5 Å². The van der Waals surface area contributed by atoms with E-state index in [9.17, 15) is 13.2 Å². The molecule has 2 heterocycles. The average Bonchev–Trinajstić information content (AvgIpc) is 3.08.